The lowest BCUT2D eigenvalue weighted by atomic mass is 10.2. The van der Waals surface area contributed by atoms with Gasteiger partial charge in [0.15, 0.2) is 5.15 Å². The molecule has 4 nitrogen and oxygen atoms in total. The normalized spacial score (nSPS) is 9.71. The molecule has 6 heteroatoms. The van der Waals surface area contributed by atoms with E-state index in [1.807, 2.05) is 0 Å². The summed E-state index contributed by atoms with van der Waals surface area (Å²) in [6.07, 6.45) is 0. The molecule has 1 rings (SSSR count). The van der Waals surface area contributed by atoms with Gasteiger partial charge in [-0.05, 0) is 6.07 Å². The van der Waals surface area contributed by atoms with Gasteiger partial charge in [-0.2, -0.15) is 0 Å². The second-order valence-electron chi connectivity index (χ2n) is 2.40. The van der Waals surface area contributed by atoms with Gasteiger partial charge in [-0.15, -0.1) is 0 Å². The van der Waals surface area contributed by atoms with Crippen LogP contribution < -0.4 is 5.32 Å². The van der Waals surface area contributed by atoms with Gasteiger partial charge in [-0.3, -0.25) is 0 Å². The molecular weight excluding hydrogens is 227 g/mol. The molecule has 0 saturated carbocycles. The summed E-state index contributed by atoms with van der Waals surface area (Å²) in [6, 6.07) is 1.39. The lowest BCUT2D eigenvalue weighted by Gasteiger charge is -2.08. The standard InChI is InChI=1S/C8H8Cl2N2O2/c1-11-6-4(8(13)14-2)3-5(9)12-7(6)10/h3,11H,1-2H3. The molecule has 0 aliphatic heterocycles. The van der Waals surface area contributed by atoms with Crippen molar-refractivity contribution in [3.8, 4) is 0 Å². The van der Waals surface area contributed by atoms with E-state index in [0.717, 1.165) is 0 Å². The predicted octanol–water partition coefficient (Wildman–Crippen LogP) is 2.22. The average molecular weight is 235 g/mol. The molecule has 0 radical (unpaired) electrons. The molecule has 76 valence electrons. The zero-order valence-electron chi connectivity index (χ0n) is 7.60. The predicted molar refractivity (Wildman–Crippen MR) is 55.1 cm³/mol. The molecule has 0 spiro atoms. The van der Waals surface area contributed by atoms with Crippen LogP contribution in [0.4, 0.5) is 5.69 Å². The number of nitrogens with zero attached hydrogens (tertiary/aromatic N) is 1. The van der Waals surface area contributed by atoms with Crippen LogP contribution in [-0.4, -0.2) is 25.1 Å². The second-order valence-corrected chi connectivity index (χ2v) is 3.15. The summed E-state index contributed by atoms with van der Waals surface area (Å²) in [6.45, 7) is 0. The second kappa shape index (κ2) is 4.48. The summed E-state index contributed by atoms with van der Waals surface area (Å²) in [5, 5.41) is 3.04. The van der Waals surface area contributed by atoms with Crippen molar-refractivity contribution in [1.29, 1.82) is 0 Å². The summed E-state index contributed by atoms with van der Waals surface area (Å²) in [4.78, 5) is 15.1. The summed E-state index contributed by atoms with van der Waals surface area (Å²) >= 11 is 11.4. The van der Waals surface area contributed by atoms with Crippen molar-refractivity contribution in [2.24, 2.45) is 0 Å². The Bertz CT molecular complexity index is 369. The van der Waals surface area contributed by atoms with Crippen LogP contribution in [0.25, 0.3) is 0 Å². The van der Waals surface area contributed by atoms with Crippen molar-refractivity contribution in [3.05, 3.63) is 21.9 Å². The first-order chi connectivity index (χ1) is 6.60. The molecule has 0 atom stereocenters. The number of pyridine rings is 1. The average Bonchev–Trinajstić information content (AvgIpc) is 2.15. The molecule has 1 aromatic heterocycles. The molecule has 0 fully saturated rings. The molecule has 14 heavy (non-hydrogen) atoms. The molecule has 0 aliphatic rings. The van der Waals surface area contributed by atoms with Gasteiger partial charge in [0.05, 0.1) is 18.4 Å². The van der Waals surface area contributed by atoms with Crippen LogP contribution in [0.3, 0.4) is 0 Å². The highest BCUT2D eigenvalue weighted by Gasteiger charge is 2.16. The summed E-state index contributed by atoms with van der Waals surface area (Å²) in [7, 11) is 2.91. The molecule has 1 aromatic rings. The molecular formula is C8H8Cl2N2O2. The fourth-order valence-electron chi connectivity index (χ4n) is 0.993. The number of aromatic nitrogens is 1. The molecule has 0 amide bonds. The number of halogens is 2. The molecule has 0 aliphatic carbocycles. The number of carbonyl (C=O) groups is 1. The minimum Gasteiger partial charge on any atom is -0.465 e. The van der Waals surface area contributed by atoms with Gasteiger partial charge in [0.2, 0.25) is 0 Å². The SMILES string of the molecule is CNc1c(C(=O)OC)cc(Cl)nc1Cl. The Hall–Kier alpha value is -1.00. The van der Waals surface area contributed by atoms with Crippen LogP contribution in [-0.2, 0) is 4.74 Å². The van der Waals surface area contributed by atoms with Gasteiger partial charge in [-0.25, -0.2) is 9.78 Å². The van der Waals surface area contributed by atoms with Gasteiger partial charge in [-0.1, -0.05) is 23.2 Å². The number of hydrogen-bond donors (Lipinski definition) is 1. The molecule has 1 N–H and O–H groups in total. The Kier molecular flexibility index (Phi) is 3.55. The van der Waals surface area contributed by atoms with Gasteiger partial charge < -0.3 is 10.1 Å². The maximum absolute atomic E-state index is 11.3. The van der Waals surface area contributed by atoms with E-state index in [-0.39, 0.29) is 15.9 Å². The van der Waals surface area contributed by atoms with Crippen LogP contribution in [0.1, 0.15) is 10.4 Å². The molecule has 0 bridgehead atoms. The summed E-state index contributed by atoms with van der Waals surface area (Å²) < 4.78 is 4.56. The highest BCUT2D eigenvalue weighted by Crippen LogP contribution is 2.27. The van der Waals surface area contributed by atoms with Crippen LogP contribution >= 0.6 is 23.2 Å². The summed E-state index contributed by atoms with van der Waals surface area (Å²) in [5.74, 6) is -0.513. The fourth-order valence-corrected chi connectivity index (χ4v) is 1.52. The fraction of sp³-hybridized carbons (Fsp3) is 0.250. The van der Waals surface area contributed by atoms with E-state index in [0.29, 0.717) is 5.69 Å². The Morgan fingerprint density at radius 1 is 1.57 bits per heavy atom. The number of ether oxygens (including phenoxy) is 1. The number of esters is 1. The van der Waals surface area contributed by atoms with Crippen molar-refractivity contribution in [3.63, 3.8) is 0 Å². The Labute approximate surface area is 91.2 Å². The lowest BCUT2D eigenvalue weighted by molar-refractivity contribution is 0.0601. The molecule has 1 heterocycles. The third-order valence-electron chi connectivity index (χ3n) is 1.60. The summed E-state index contributed by atoms with van der Waals surface area (Å²) in [5.41, 5.74) is 0.669. The van der Waals surface area contributed by atoms with E-state index in [4.69, 9.17) is 23.2 Å². The smallest absolute Gasteiger partial charge is 0.340 e. The lowest BCUT2D eigenvalue weighted by Crippen LogP contribution is -2.07. The van der Waals surface area contributed by atoms with Crippen molar-refractivity contribution >= 4 is 34.9 Å². The maximum atomic E-state index is 11.3. The zero-order chi connectivity index (χ0) is 10.7. The minimum atomic E-state index is -0.513. The number of rotatable bonds is 2. The molecule has 0 unspecified atom stereocenters. The number of methoxy groups -OCH3 is 1. The number of carbonyl (C=O) groups excluding carboxylic acids is 1. The van der Waals surface area contributed by atoms with E-state index in [2.05, 4.69) is 15.0 Å². The third-order valence-corrected chi connectivity index (χ3v) is 2.07. The maximum Gasteiger partial charge on any atom is 0.340 e. The van der Waals surface area contributed by atoms with E-state index < -0.39 is 5.97 Å². The van der Waals surface area contributed by atoms with Gasteiger partial charge in [0.1, 0.15) is 5.15 Å². The zero-order valence-corrected chi connectivity index (χ0v) is 9.11. The van der Waals surface area contributed by atoms with Gasteiger partial charge >= 0.3 is 5.97 Å². The number of nitrogens with one attached hydrogen (secondary N) is 1. The molecule has 0 saturated heterocycles. The van der Waals surface area contributed by atoms with Crippen LogP contribution in [0.5, 0.6) is 0 Å². The van der Waals surface area contributed by atoms with E-state index in [9.17, 15) is 4.79 Å². The Balaban J connectivity index is 3.32. The van der Waals surface area contributed by atoms with Crippen molar-refractivity contribution in [2.75, 3.05) is 19.5 Å². The van der Waals surface area contributed by atoms with Crippen molar-refractivity contribution in [1.82, 2.24) is 4.98 Å². The Morgan fingerprint density at radius 3 is 2.71 bits per heavy atom. The topological polar surface area (TPSA) is 51.2 Å². The van der Waals surface area contributed by atoms with E-state index >= 15 is 0 Å². The van der Waals surface area contributed by atoms with Crippen molar-refractivity contribution in [2.45, 2.75) is 0 Å². The highest BCUT2D eigenvalue weighted by atomic mass is 35.5. The number of hydrogen-bond acceptors (Lipinski definition) is 4. The minimum absolute atomic E-state index is 0.139. The Morgan fingerprint density at radius 2 is 2.21 bits per heavy atom. The van der Waals surface area contributed by atoms with Crippen LogP contribution in [0.2, 0.25) is 10.3 Å². The van der Waals surface area contributed by atoms with Crippen molar-refractivity contribution < 1.29 is 9.53 Å². The van der Waals surface area contributed by atoms with E-state index in [1.54, 1.807) is 7.05 Å². The third kappa shape index (κ3) is 2.08. The first-order valence-corrected chi connectivity index (χ1v) is 4.47. The monoisotopic (exact) mass is 234 g/mol. The first-order valence-electron chi connectivity index (χ1n) is 3.72. The van der Waals surface area contributed by atoms with Crippen LogP contribution in [0.15, 0.2) is 6.07 Å². The van der Waals surface area contributed by atoms with Gasteiger partial charge in [0.25, 0.3) is 0 Å². The quantitative estimate of drug-likeness (QED) is 0.630. The van der Waals surface area contributed by atoms with Gasteiger partial charge in [0, 0.05) is 7.05 Å². The highest BCUT2D eigenvalue weighted by molar-refractivity contribution is 6.35. The number of anilines is 1. The largest absolute Gasteiger partial charge is 0.465 e. The first kappa shape index (κ1) is 11.1. The molecule has 0 aromatic carbocycles. The van der Waals surface area contributed by atoms with Crippen LogP contribution in [0, 0.1) is 0 Å². The van der Waals surface area contributed by atoms with E-state index in [1.165, 1.54) is 13.2 Å².